The van der Waals surface area contributed by atoms with Gasteiger partial charge in [0.2, 0.25) is 11.8 Å². The number of carbonyl (C=O) groups is 1. The highest BCUT2D eigenvalue weighted by Gasteiger charge is 2.22. The lowest BCUT2D eigenvalue weighted by molar-refractivity contribution is -0.131. The van der Waals surface area contributed by atoms with Crippen molar-refractivity contribution in [1.82, 2.24) is 15.1 Å². The number of halogens is 1. The van der Waals surface area contributed by atoms with Crippen molar-refractivity contribution in [2.24, 2.45) is 0 Å². The fourth-order valence-corrected chi connectivity index (χ4v) is 3.31. The summed E-state index contributed by atoms with van der Waals surface area (Å²) in [6.07, 6.45) is 2.30. The number of hydrogen-bond donors (Lipinski definition) is 0. The first-order chi connectivity index (χ1) is 13.6. The van der Waals surface area contributed by atoms with E-state index in [0.29, 0.717) is 43.5 Å². The number of hydrogen-bond acceptors (Lipinski definition) is 6. The third kappa shape index (κ3) is 3.90. The molecule has 146 valence electrons. The average Bonchev–Trinajstić information content (AvgIpc) is 3.35. The Hall–Kier alpha value is -3.16. The maximum Gasteiger partial charge on any atom is 0.251 e. The SMILES string of the molecule is Cc1occc1-c1nnc(CCC(=O)N2CCN(c3ccc(F)cc3)CC2)o1. The molecule has 3 aromatic rings. The van der Waals surface area contributed by atoms with Gasteiger partial charge >= 0.3 is 0 Å². The van der Waals surface area contributed by atoms with Crippen LogP contribution in [0.2, 0.25) is 0 Å². The van der Waals surface area contributed by atoms with Crippen LogP contribution < -0.4 is 4.90 Å². The van der Waals surface area contributed by atoms with Gasteiger partial charge in [-0.15, -0.1) is 10.2 Å². The second-order valence-corrected chi connectivity index (χ2v) is 6.74. The van der Waals surface area contributed by atoms with Crippen LogP contribution in [0.3, 0.4) is 0 Å². The molecule has 3 heterocycles. The molecule has 0 N–H and O–H groups in total. The number of amides is 1. The molecule has 7 nitrogen and oxygen atoms in total. The van der Waals surface area contributed by atoms with Gasteiger partial charge in [-0.2, -0.15) is 0 Å². The van der Waals surface area contributed by atoms with Gasteiger partial charge in [0.1, 0.15) is 11.6 Å². The molecule has 1 aliphatic heterocycles. The summed E-state index contributed by atoms with van der Waals surface area (Å²) in [6.45, 7) is 4.55. The number of aromatic nitrogens is 2. The quantitative estimate of drug-likeness (QED) is 0.673. The predicted octanol–water partition coefficient (Wildman–Crippen LogP) is 3.06. The van der Waals surface area contributed by atoms with Crippen molar-refractivity contribution >= 4 is 11.6 Å². The van der Waals surface area contributed by atoms with Crippen LogP contribution >= 0.6 is 0 Å². The molecule has 0 atom stereocenters. The Morgan fingerprint density at radius 3 is 2.54 bits per heavy atom. The molecule has 4 rings (SSSR count). The Labute approximate surface area is 161 Å². The molecule has 1 aromatic carbocycles. The van der Waals surface area contributed by atoms with Crippen LogP contribution in [-0.4, -0.2) is 47.2 Å². The molecule has 1 saturated heterocycles. The summed E-state index contributed by atoms with van der Waals surface area (Å²) in [5, 5.41) is 8.05. The van der Waals surface area contributed by atoms with Gasteiger partial charge in [-0.1, -0.05) is 0 Å². The highest BCUT2D eigenvalue weighted by molar-refractivity contribution is 5.76. The molecule has 0 radical (unpaired) electrons. The van der Waals surface area contributed by atoms with E-state index in [1.165, 1.54) is 12.1 Å². The van der Waals surface area contributed by atoms with Crippen LogP contribution in [0.15, 0.2) is 45.4 Å². The number of anilines is 1. The molecule has 0 unspecified atom stereocenters. The van der Waals surface area contributed by atoms with E-state index in [0.717, 1.165) is 24.3 Å². The van der Waals surface area contributed by atoms with Gasteiger partial charge in [-0.25, -0.2) is 4.39 Å². The zero-order chi connectivity index (χ0) is 19.5. The third-order valence-electron chi connectivity index (χ3n) is 4.93. The first-order valence-electron chi connectivity index (χ1n) is 9.25. The van der Waals surface area contributed by atoms with Gasteiger partial charge in [0, 0.05) is 44.7 Å². The fourth-order valence-electron chi connectivity index (χ4n) is 3.31. The maximum atomic E-state index is 13.1. The van der Waals surface area contributed by atoms with Gasteiger partial charge in [0.25, 0.3) is 5.89 Å². The zero-order valence-electron chi connectivity index (χ0n) is 15.6. The van der Waals surface area contributed by atoms with Gasteiger partial charge < -0.3 is 18.6 Å². The van der Waals surface area contributed by atoms with Crippen LogP contribution in [0.1, 0.15) is 18.1 Å². The second-order valence-electron chi connectivity index (χ2n) is 6.74. The van der Waals surface area contributed by atoms with Gasteiger partial charge in [-0.05, 0) is 37.3 Å². The zero-order valence-corrected chi connectivity index (χ0v) is 15.6. The summed E-state index contributed by atoms with van der Waals surface area (Å²) >= 11 is 0. The number of nitrogens with zero attached hydrogens (tertiary/aromatic N) is 4. The Balaban J connectivity index is 1.28. The molecule has 28 heavy (non-hydrogen) atoms. The van der Waals surface area contributed by atoms with E-state index in [2.05, 4.69) is 15.1 Å². The number of piperazine rings is 1. The summed E-state index contributed by atoms with van der Waals surface area (Å²) in [5.74, 6) is 1.38. The highest BCUT2D eigenvalue weighted by atomic mass is 19.1. The first kappa shape index (κ1) is 18.2. The monoisotopic (exact) mass is 384 g/mol. The van der Waals surface area contributed by atoms with Gasteiger partial charge in [0.05, 0.1) is 11.8 Å². The van der Waals surface area contributed by atoms with Crippen molar-refractivity contribution in [3.8, 4) is 11.5 Å². The fraction of sp³-hybridized carbons (Fsp3) is 0.350. The minimum Gasteiger partial charge on any atom is -0.469 e. The van der Waals surface area contributed by atoms with Gasteiger partial charge in [0.15, 0.2) is 0 Å². The van der Waals surface area contributed by atoms with Crippen molar-refractivity contribution in [1.29, 1.82) is 0 Å². The van der Waals surface area contributed by atoms with Crippen molar-refractivity contribution < 1.29 is 18.0 Å². The third-order valence-corrected chi connectivity index (χ3v) is 4.93. The van der Waals surface area contributed by atoms with Crippen molar-refractivity contribution in [2.45, 2.75) is 19.8 Å². The Morgan fingerprint density at radius 1 is 1.11 bits per heavy atom. The molecular weight excluding hydrogens is 363 g/mol. The molecule has 0 saturated carbocycles. The van der Waals surface area contributed by atoms with Crippen LogP contribution in [0.4, 0.5) is 10.1 Å². The summed E-state index contributed by atoms with van der Waals surface area (Å²) in [7, 11) is 0. The lowest BCUT2D eigenvalue weighted by atomic mass is 10.2. The van der Waals surface area contributed by atoms with Crippen LogP contribution in [0.5, 0.6) is 0 Å². The van der Waals surface area contributed by atoms with E-state index in [4.69, 9.17) is 8.83 Å². The summed E-state index contributed by atoms with van der Waals surface area (Å²) in [6, 6.07) is 8.22. The summed E-state index contributed by atoms with van der Waals surface area (Å²) in [4.78, 5) is 16.5. The van der Waals surface area contributed by atoms with Crippen LogP contribution in [0, 0.1) is 12.7 Å². The lowest BCUT2D eigenvalue weighted by Gasteiger charge is -2.36. The molecule has 1 aliphatic rings. The molecule has 2 aromatic heterocycles. The van der Waals surface area contributed by atoms with Crippen molar-refractivity contribution in [3.05, 3.63) is 54.1 Å². The predicted molar refractivity (Wildman–Crippen MR) is 100 cm³/mol. The Morgan fingerprint density at radius 2 is 1.86 bits per heavy atom. The molecule has 1 fully saturated rings. The van der Waals surface area contributed by atoms with Gasteiger partial charge in [-0.3, -0.25) is 4.79 Å². The van der Waals surface area contributed by atoms with E-state index in [9.17, 15) is 9.18 Å². The maximum absolute atomic E-state index is 13.1. The van der Waals surface area contributed by atoms with E-state index >= 15 is 0 Å². The summed E-state index contributed by atoms with van der Waals surface area (Å²) in [5.41, 5.74) is 1.74. The largest absolute Gasteiger partial charge is 0.469 e. The lowest BCUT2D eigenvalue weighted by Crippen LogP contribution is -2.48. The van der Waals surface area contributed by atoms with Crippen LogP contribution in [-0.2, 0) is 11.2 Å². The van der Waals surface area contributed by atoms with Crippen molar-refractivity contribution in [3.63, 3.8) is 0 Å². The molecule has 8 heteroatoms. The number of benzene rings is 1. The standard InChI is InChI=1S/C20H21FN4O3/c1-14-17(8-13-27-14)20-23-22-18(28-20)6-7-19(26)25-11-9-24(10-12-25)16-4-2-15(21)3-5-16/h2-5,8,13H,6-7,9-12H2,1H3. The number of carbonyl (C=O) groups excluding carboxylic acids is 1. The van der Waals surface area contributed by atoms with E-state index < -0.39 is 0 Å². The smallest absolute Gasteiger partial charge is 0.251 e. The molecule has 1 amide bonds. The first-order valence-corrected chi connectivity index (χ1v) is 9.25. The minimum atomic E-state index is -0.246. The topological polar surface area (TPSA) is 75.6 Å². The number of rotatable bonds is 5. The molecular formula is C20H21FN4O3. The molecule has 0 aliphatic carbocycles. The normalized spacial score (nSPS) is 14.5. The van der Waals surface area contributed by atoms with E-state index in [-0.39, 0.29) is 11.7 Å². The number of furan rings is 1. The highest BCUT2D eigenvalue weighted by Crippen LogP contribution is 2.23. The second kappa shape index (κ2) is 7.84. The molecule has 0 bridgehead atoms. The average molecular weight is 384 g/mol. The van der Waals surface area contributed by atoms with Crippen LogP contribution in [0.25, 0.3) is 11.5 Å². The van der Waals surface area contributed by atoms with Crippen molar-refractivity contribution in [2.75, 3.05) is 31.1 Å². The number of aryl methyl sites for hydroxylation is 2. The Bertz CT molecular complexity index is 943. The minimum absolute atomic E-state index is 0.0676. The van der Waals surface area contributed by atoms with E-state index in [1.54, 1.807) is 24.5 Å². The van der Waals surface area contributed by atoms with E-state index in [1.807, 2.05) is 11.8 Å². The molecule has 0 spiro atoms. The summed E-state index contributed by atoms with van der Waals surface area (Å²) < 4.78 is 23.9. The Kier molecular flexibility index (Phi) is 5.10.